The molecule has 0 aromatic heterocycles. The van der Waals surface area contributed by atoms with E-state index in [0.717, 1.165) is 35.1 Å². The summed E-state index contributed by atoms with van der Waals surface area (Å²) < 4.78 is 23.9. The molecule has 4 nitrogen and oxygen atoms in total. The largest absolute Gasteiger partial charge is 0.449 e. The first-order chi connectivity index (χ1) is 23.0. The third-order valence-electron chi connectivity index (χ3n) is 13.3. The monoisotopic (exact) mass is 710 g/mol. The van der Waals surface area contributed by atoms with Crippen molar-refractivity contribution in [3.63, 3.8) is 0 Å². The molecule has 3 saturated carbocycles. The molecule has 0 amide bonds. The van der Waals surface area contributed by atoms with Gasteiger partial charge in [0.25, 0.3) is 0 Å². The molecule has 0 spiro atoms. The number of Topliss-reactive ketones (excluding diaryl/α,β-unsaturated/α-hetero) is 1. The highest BCUT2D eigenvalue weighted by atomic mass is 35.5. The summed E-state index contributed by atoms with van der Waals surface area (Å²) >= 11 is 13.9. The molecule has 1 unspecified atom stereocenters. The highest BCUT2D eigenvalue weighted by Gasteiger charge is 2.77. The second-order valence-corrected chi connectivity index (χ2v) is 16.9. The van der Waals surface area contributed by atoms with Crippen molar-refractivity contribution in [2.75, 3.05) is 5.88 Å². The quantitative estimate of drug-likeness (QED) is 0.143. The molecule has 3 fully saturated rings. The van der Waals surface area contributed by atoms with Gasteiger partial charge in [0.2, 0.25) is 0 Å². The van der Waals surface area contributed by atoms with E-state index in [-0.39, 0.29) is 35.7 Å². The van der Waals surface area contributed by atoms with Crippen LogP contribution in [-0.4, -0.2) is 40.1 Å². The molecule has 7 heteroatoms. The van der Waals surface area contributed by atoms with Gasteiger partial charge in [-0.1, -0.05) is 85.6 Å². The summed E-state index contributed by atoms with van der Waals surface area (Å²) in [5.74, 6) is -2.18. The minimum atomic E-state index is -1.61. The Morgan fingerprint density at radius 2 is 1.82 bits per heavy atom. The number of ether oxygens (including phenoxy) is 1. The van der Waals surface area contributed by atoms with Crippen LogP contribution in [-0.2, 0) is 19.1 Å². The van der Waals surface area contributed by atoms with Gasteiger partial charge in [0.05, 0.1) is 16.2 Å². The lowest BCUT2D eigenvalue weighted by atomic mass is 9.46. The van der Waals surface area contributed by atoms with E-state index in [9.17, 15) is 14.4 Å². The van der Waals surface area contributed by atoms with E-state index in [1.54, 1.807) is 12.2 Å². The molecule has 0 bridgehead atoms. The Kier molecular flexibility index (Phi) is 10.4. The van der Waals surface area contributed by atoms with Crippen LogP contribution in [0.5, 0.6) is 0 Å². The maximum absolute atomic E-state index is 17.2. The van der Waals surface area contributed by atoms with Gasteiger partial charge >= 0.3 is 5.97 Å². The minimum Gasteiger partial charge on any atom is -0.449 e. The van der Waals surface area contributed by atoms with E-state index in [0.29, 0.717) is 25.7 Å². The zero-order valence-corrected chi connectivity index (χ0v) is 31.9. The number of halogens is 3. The van der Waals surface area contributed by atoms with Gasteiger partial charge in [-0.2, -0.15) is 0 Å². The molecule has 266 valence electrons. The Hall–Kier alpha value is -2.50. The van der Waals surface area contributed by atoms with Gasteiger partial charge in [-0.25, -0.2) is 4.39 Å². The summed E-state index contributed by atoms with van der Waals surface area (Å²) in [4.78, 5) is 40.0. The highest BCUT2D eigenvalue weighted by molar-refractivity contribution is 6.29. The van der Waals surface area contributed by atoms with E-state index >= 15 is 4.39 Å². The molecule has 5 aliphatic carbocycles. The molecule has 49 heavy (non-hydrogen) atoms. The fourth-order valence-corrected chi connectivity index (χ4v) is 11.1. The Morgan fingerprint density at radius 3 is 2.49 bits per heavy atom. The Labute approximate surface area is 302 Å². The first-order valence-electron chi connectivity index (χ1n) is 17.9. The number of esters is 1. The van der Waals surface area contributed by atoms with Crippen molar-refractivity contribution in [1.29, 1.82) is 0 Å². The molecule has 0 saturated heterocycles. The summed E-state index contributed by atoms with van der Waals surface area (Å²) in [7, 11) is 0. The lowest BCUT2D eigenvalue weighted by Crippen LogP contribution is -2.69. The van der Waals surface area contributed by atoms with Crippen molar-refractivity contribution in [3.8, 4) is 0 Å². The molecule has 0 heterocycles. The number of rotatable bonds is 8. The molecular weight excluding hydrogens is 658 g/mol. The van der Waals surface area contributed by atoms with Gasteiger partial charge in [0, 0.05) is 16.7 Å². The second kappa shape index (κ2) is 13.6. The van der Waals surface area contributed by atoms with E-state index in [1.165, 1.54) is 11.6 Å². The number of alkyl halides is 3. The predicted molar refractivity (Wildman–Crippen MR) is 197 cm³/mol. The van der Waals surface area contributed by atoms with Crippen LogP contribution in [0.2, 0.25) is 0 Å². The van der Waals surface area contributed by atoms with Crippen LogP contribution in [0.25, 0.3) is 0 Å². The van der Waals surface area contributed by atoms with E-state index in [4.69, 9.17) is 27.9 Å². The van der Waals surface area contributed by atoms with Crippen molar-refractivity contribution in [1.82, 2.24) is 0 Å². The van der Waals surface area contributed by atoms with Crippen LogP contribution in [0, 0.1) is 34.0 Å². The summed E-state index contributed by atoms with van der Waals surface area (Å²) in [5.41, 5.74) is 0.595. The van der Waals surface area contributed by atoms with Gasteiger partial charge in [0.15, 0.2) is 17.2 Å². The van der Waals surface area contributed by atoms with Crippen LogP contribution in [0.15, 0.2) is 82.5 Å². The Balaban J connectivity index is 1.52. The Bertz CT molecular complexity index is 1630. The van der Waals surface area contributed by atoms with E-state index < -0.39 is 44.8 Å². The lowest BCUT2D eigenvalue weighted by molar-refractivity contribution is -0.203. The topological polar surface area (TPSA) is 60.4 Å². The average molecular weight is 712 g/mol. The van der Waals surface area contributed by atoms with Gasteiger partial charge < -0.3 is 4.74 Å². The second-order valence-electron chi connectivity index (χ2n) is 16.1. The van der Waals surface area contributed by atoms with Gasteiger partial charge in [-0.15, -0.1) is 23.2 Å². The molecule has 5 aliphatic rings. The first-order valence-corrected chi connectivity index (χ1v) is 18.8. The lowest BCUT2D eigenvalue weighted by Gasteiger charge is -2.63. The molecule has 0 aliphatic heterocycles. The van der Waals surface area contributed by atoms with Crippen molar-refractivity contribution < 1.29 is 23.5 Å². The van der Waals surface area contributed by atoms with Gasteiger partial charge in [-0.3, -0.25) is 14.4 Å². The predicted octanol–water partition coefficient (Wildman–Crippen LogP) is 10.5. The number of hydrogen-bond acceptors (Lipinski definition) is 4. The maximum Gasteiger partial charge on any atom is 0.317 e. The third kappa shape index (κ3) is 5.74. The SMILES string of the molecule is CC=C(C)C=CC=C(C)C=CC1=C(C)CCCC1(C)C(=O)O[C@@]1(C(=O)CCl)[C@H](C)C[C@H]2[C@@H]3CCC4=CC(=O)C=C[C@]4(C)[C@@]3(Cl)[C@@H](F)C[C@@]21C. The van der Waals surface area contributed by atoms with Gasteiger partial charge in [0.1, 0.15) is 6.17 Å². The maximum atomic E-state index is 17.2. The molecule has 0 aromatic carbocycles. The smallest absolute Gasteiger partial charge is 0.317 e. The van der Waals surface area contributed by atoms with Crippen LogP contribution in [0.3, 0.4) is 0 Å². The number of hydrogen-bond donors (Lipinski definition) is 0. The summed E-state index contributed by atoms with van der Waals surface area (Å²) in [6, 6.07) is 0. The number of ketones is 2. The van der Waals surface area contributed by atoms with E-state index in [2.05, 4.69) is 6.92 Å². The number of carbonyl (C=O) groups excluding carboxylic acids is 3. The van der Waals surface area contributed by atoms with E-state index in [1.807, 2.05) is 84.9 Å². The molecule has 9 atom stereocenters. The number of carbonyl (C=O) groups is 3. The average Bonchev–Trinajstić information content (AvgIpc) is 3.27. The van der Waals surface area contributed by atoms with Crippen LogP contribution >= 0.6 is 23.2 Å². The summed E-state index contributed by atoms with van der Waals surface area (Å²) in [6.45, 7) is 15.9. The fraction of sp³-hybridized carbons (Fsp3) is 0.595. The molecule has 0 N–H and O–H groups in total. The Morgan fingerprint density at radius 1 is 1.10 bits per heavy atom. The van der Waals surface area contributed by atoms with Crippen molar-refractivity contribution >= 4 is 40.7 Å². The van der Waals surface area contributed by atoms with Crippen LogP contribution in [0.4, 0.5) is 4.39 Å². The molecular formula is C42H53Cl2FO4. The van der Waals surface area contributed by atoms with Crippen molar-refractivity contribution in [2.45, 2.75) is 117 Å². The normalized spacial score (nSPS) is 41.1. The minimum absolute atomic E-state index is 0.0505. The van der Waals surface area contributed by atoms with Crippen molar-refractivity contribution in [3.05, 3.63) is 82.5 Å². The highest BCUT2D eigenvalue weighted by Crippen LogP contribution is 2.73. The zero-order valence-electron chi connectivity index (χ0n) is 30.4. The number of fused-ring (bicyclic) bond motifs is 5. The van der Waals surface area contributed by atoms with Crippen molar-refractivity contribution in [2.24, 2.45) is 34.0 Å². The third-order valence-corrected chi connectivity index (χ3v) is 14.5. The zero-order chi connectivity index (χ0) is 36.2. The summed E-state index contributed by atoms with van der Waals surface area (Å²) in [5, 5.41) is 0. The van der Waals surface area contributed by atoms with Crippen LogP contribution < -0.4 is 0 Å². The fourth-order valence-electron chi connectivity index (χ4n) is 10.4. The molecule has 0 radical (unpaired) electrons. The standard InChI is InChI=1S/C42H53Cl2FO4/c1-9-26(2)12-10-13-27(3)15-17-32-28(4)14-11-20-38(32,6)37(48)49-42(36(47)25-43)29(5)22-34-33-18-16-30-23-31(46)19-21-39(30,7)41(33,44)35(45)24-40(34,42)8/h9-10,12-13,15,17,19,21,23,29,33-35H,11,14,16,18,20,22,24-25H2,1-8H3/t29-,33+,34+,35+,38?,39+,40+,41+,42-/m1/s1. The first kappa shape index (κ1) is 37.7. The van der Waals surface area contributed by atoms with Crippen LogP contribution in [0.1, 0.15) is 100 Å². The number of allylic oxidation sites excluding steroid dienone is 13. The molecule has 5 rings (SSSR count). The molecule has 0 aromatic rings. The summed E-state index contributed by atoms with van der Waals surface area (Å²) in [6.07, 6.45) is 19.5. The van der Waals surface area contributed by atoms with Gasteiger partial charge in [-0.05, 0) is 109 Å².